The van der Waals surface area contributed by atoms with Crippen LogP contribution in [0.15, 0.2) is 48.0 Å². The number of fused-ring (bicyclic) bond motifs is 1. The van der Waals surface area contributed by atoms with Crippen LogP contribution < -0.4 is 4.74 Å². The molecule has 1 heterocycles. The molecule has 2 amide bonds. The molecule has 7 rings (SSSR count). The maximum atomic E-state index is 13.3. The van der Waals surface area contributed by atoms with Crippen molar-refractivity contribution in [1.29, 1.82) is 0 Å². The van der Waals surface area contributed by atoms with E-state index in [9.17, 15) is 19.5 Å². The van der Waals surface area contributed by atoms with Crippen molar-refractivity contribution in [2.45, 2.75) is 46.0 Å². The standard InChI is InChI=1S/C31H32N2O6S/c1-17(34)33(31(37)30-32-26-7-6-24(36)16-27(26)40-30)8-9-38-29(21-4-3-5-25(15-21)39-18(2)35)28-22-11-19-10-20(13-22)14-23(28)12-19/h3-7,15-16,19-20,22-23,36H,8-14H2,1-2H3. The molecule has 0 unspecified atom stereocenters. The maximum absolute atomic E-state index is 13.3. The summed E-state index contributed by atoms with van der Waals surface area (Å²) in [7, 11) is 0. The molecular formula is C31H32N2O6S. The Hall–Kier alpha value is -3.72. The second-order valence-corrected chi connectivity index (χ2v) is 12.2. The van der Waals surface area contributed by atoms with Gasteiger partial charge in [-0.2, -0.15) is 0 Å². The fraction of sp³-hybridized carbons (Fsp3) is 0.419. The first-order valence-electron chi connectivity index (χ1n) is 13.8. The molecule has 208 valence electrons. The second-order valence-electron chi connectivity index (χ2n) is 11.2. The number of hydrogen-bond donors (Lipinski definition) is 1. The lowest BCUT2D eigenvalue weighted by atomic mass is 9.54. The fourth-order valence-corrected chi connectivity index (χ4v) is 7.97. The van der Waals surface area contributed by atoms with Gasteiger partial charge in [0.1, 0.15) is 23.9 Å². The number of phenols is 1. The van der Waals surface area contributed by atoms with E-state index < -0.39 is 11.8 Å². The minimum absolute atomic E-state index is 0.0658. The van der Waals surface area contributed by atoms with Gasteiger partial charge in [0.15, 0.2) is 5.01 Å². The Balaban J connectivity index is 1.26. The van der Waals surface area contributed by atoms with Gasteiger partial charge in [0.2, 0.25) is 5.91 Å². The lowest BCUT2D eigenvalue weighted by Crippen LogP contribution is -2.41. The SMILES string of the molecule is CC(=O)Oc1cccc(C(OCCN(C(C)=O)C(=O)c2nc3ccc(O)cc3s2)=C2C3CC4CC(C3)CC2C4)c1. The predicted molar refractivity (Wildman–Crippen MR) is 151 cm³/mol. The summed E-state index contributed by atoms with van der Waals surface area (Å²) in [4.78, 5) is 43.0. The number of thiazole rings is 1. The molecule has 3 aromatic rings. The molecule has 0 spiro atoms. The summed E-state index contributed by atoms with van der Waals surface area (Å²) >= 11 is 1.14. The number of nitrogens with zero attached hydrogens (tertiary/aromatic N) is 2. The highest BCUT2D eigenvalue weighted by molar-refractivity contribution is 7.20. The average molecular weight is 561 g/mol. The van der Waals surface area contributed by atoms with Crippen molar-refractivity contribution in [3.8, 4) is 11.5 Å². The van der Waals surface area contributed by atoms with E-state index in [4.69, 9.17) is 9.47 Å². The van der Waals surface area contributed by atoms with Crippen molar-refractivity contribution in [2.75, 3.05) is 13.2 Å². The summed E-state index contributed by atoms with van der Waals surface area (Å²) in [5, 5.41) is 9.95. The van der Waals surface area contributed by atoms with Gasteiger partial charge in [-0.25, -0.2) is 4.98 Å². The summed E-state index contributed by atoms with van der Waals surface area (Å²) in [5.74, 6) is 2.56. The quantitative estimate of drug-likeness (QED) is 0.221. The summed E-state index contributed by atoms with van der Waals surface area (Å²) in [6.45, 7) is 2.93. The Morgan fingerprint density at radius 2 is 1.73 bits per heavy atom. The van der Waals surface area contributed by atoms with E-state index in [-0.39, 0.29) is 29.9 Å². The van der Waals surface area contributed by atoms with Crippen molar-refractivity contribution < 1.29 is 29.0 Å². The molecule has 4 aliphatic carbocycles. The molecule has 1 aromatic heterocycles. The Labute approximate surface area is 236 Å². The molecule has 0 radical (unpaired) electrons. The van der Waals surface area contributed by atoms with Crippen LogP contribution in [0.5, 0.6) is 11.5 Å². The molecule has 4 saturated carbocycles. The fourth-order valence-electron chi connectivity index (χ4n) is 7.02. The number of carbonyl (C=O) groups excluding carboxylic acids is 3. The zero-order chi connectivity index (χ0) is 28.0. The Bertz CT molecular complexity index is 1500. The van der Waals surface area contributed by atoms with Gasteiger partial charge in [-0.1, -0.05) is 12.1 Å². The number of benzene rings is 2. The highest BCUT2D eigenvalue weighted by atomic mass is 32.1. The molecule has 8 nitrogen and oxygen atoms in total. The molecule has 4 aliphatic rings. The number of allylic oxidation sites excluding steroid dienone is 1. The number of esters is 1. The van der Waals surface area contributed by atoms with E-state index in [0.717, 1.165) is 39.4 Å². The van der Waals surface area contributed by atoms with E-state index >= 15 is 0 Å². The molecule has 2 aromatic carbocycles. The first-order valence-corrected chi connectivity index (χ1v) is 14.6. The smallest absolute Gasteiger partial charge is 0.308 e. The number of imide groups is 1. The molecule has 0 atom stereocenters. The number of rotatable bonds is 7. The van der Waals surface area contributed by atoms with Gasteiger partial charge in [0, 0.05) is 19.4 Å². The lowest BCUT2D eigenvalue weighted by molar-refractivity contribution is -0.132. The molecule has 40 heavy (non-hydrogen) atoms. The molecule has 4 bridgehead atoms. The van der Waals surface area contributed by atoms with E-state index in [0.29, 0.717) is 27.8 Å². The largest absolute Gasteiger partial charge is 0.508 e. The van der Waals surface area contributed by atoms with E-state index in [1.54, 1.807) is 18.2 Å². The predicted octanol–water partition coefficient (Wildman–Crippen LogP) is 5.80. The number of carbonyl (C=O) groups is 3. The molecule has 0 aliphatic heterocycles. The third kappa shape index (κ3) is 5.22. The van der Waals surface area contributed by atoms with Crippen LogP contribution in [-0.4, -0.2) is 45.9 Å². The highest BCUT2D eigenvalue weighted by Crippen LogP contribution is 2.58. The van der Waals surface area contributed by atoms with Gasteiger partial charge in [0.25, 0.3) is 5.91 Å². The molecule has 4 fully saturated rings. The van der Waals surface area contributed by atoms with Gasteiger partial charge < -0.3 is 14.6 Å². The van der Waals surface area contributed by atoms with Gasteiger partial charge in [-0.15, -0.1) is 11.3 Å². The molecule has 9 heteroatoms. The van der Waals surface area contributed by atoms with Gasteiger partial charge in [-0.3, -0.25) is 19.3 Å². The Kier molecular flexibility index (Phi) is 7.08. The van der Waals surface area contributed by atoms with Crippen molar-refractivity contribution in [3.05, 3.63) is 58.6 Å². The summed E-state index contributed by atoms with van der Waals surface area (Å²) < 4.78 is 12.5. The van der Waals surface area contributed by atoms with Crippen LogP contribution in [0.3, 0.4) is 0 Å². The molecular weight excluding hydrogens is 528 g/mol. The molecule has 1 N–H and O–H groups in total. The van der Waals surface area contributed by atoms with Crippen LogP contribution in [0.1, 0.15) is 61.3 Å². The molecule has 0 saturated heterocycles. The second kappa shape index (κ2) is 10.7. The maximum Gasteiger partial charge on any atom is 0.308 e. The monoisotopic (exact) mass is 560 g/mol. The minimum atomic E-state index is -0.488. The zero-order valence-electron chi connectivity index (χ0n) is 22.6. The number of aromatic hydroxyl groups is 1. The van der Waals surface area contributed by atoms with Crippen LogP contribution in [0, 0.1) is 23.7 Å². The average Bonchev–Trinajstić information content (AvgIpc) is 3.32. The number of aromatic nitrogens is 1. The third-order valence-electron chi connectivity index (χ3n) is 8.38. The van der Waals surface area contributed by atoms with Crippen molar-refractivity contribution >= 4 is 45.1 Å². The van der Waals surface area contributed by atoms with Crippen molar-refractivity contribution in [3.63, 3.8) is 0 Å². The first-order chi connectivity index (χ1) is 19.2. The topological polar surface area (TPSA) is 106 Å². The van der Waals surface area contributed by atoms with Gasteiger partial charge >= 0.3 is 5.97 Å². The van der Waals surface area contributed by atoms with Gasteiger partial charge in [-0.05, 0) is 91.7 Å². The highest BCUT2D eigenvalue weighted by Gasteiger charge is 2.47. The van der Waals surface area contributed by atoms with Crippen LogP contribution >= 0.6 is 11.3 Å². The summed E-state index contributed by atoms with van der Waals surface area (Å²) in [6.07, 6.45) is 6.02. The minimum Gasteiger partial charge on any atom is -0.508 e. The number of ether oxygens (including phenoxy) is 2. The first kappa shape index (κ1) is 26.5. The van der Waals surface area contributed by atoms with Crippen LogP contribution in [0.2, 0.25) is 0 Å². The van der Waals surface area contributed by atoms with Crippen molar-refractivity contribution in [2.24, 2.45) is 23.7 Å². The number of hydrogen-bond acceptors (Lipinski definition) is 8. The summed E-state index contributed by atoms with van der Waals surface area (Å²) in [6, 6.07) is 12.1. The lowest BCUT2D eigenvalue weighted by Gasteiger charge is -2.51. The van der Waals surface area contributed by atoms with Crippen LogP contribution in [-0.2, 0) is 14.3 Å². The zero-order valence-corrected chi connectivity index (χ0v) is 23.4. The van der Waals surface area contributed by atoms with E-state index in [1.807, 2.05) is 18.2 Å². The van der Waals surface area contributed by atoms with Crippen molar-refractivity contribution in [1.82, 2.24) is 9.88 Å². The number of amides is 2. The number of phenolic OH excluding ortho intramolecular Hbond substituents is 1. The van der Waals surface area contributed by atoms with Crippen LogP contribution in [0.4, 0.5) is 0 Å². The Morgan fingerprint density at radius 1 is 1.00 bits per heavy atom. The summed E-state index contributed by atoms with van der Waals surface area (Å²) in [5.41, 5.74) is 2.76. The van der Waals surface area contributed by atoms with Gasteiger partial charge in [0.05, 0.1) is 16.8 Å². The van der Waals surface area contributed by atoms with Crippen LogP contribution in [0.25, 0.3) is 16.0 Å². The van der Waals surface area contributed by atoms with E-state index in [1.165, 1.54) is 57.6 Å². The third-order valence-corrected chi connectivity index (χ3v) is 9.39. The van der Waals surface area contributed by atoms with E-state index in [2.05, 4.69) is 4.98 Å². The normalized spacial score (nSPS) is 22.8. The Morgan fingerprint density at radius 3 is 2.40 bits per heavy atom.